The molecular formula is C16H18N2O4S. The quantitative estimate of drug-likeness (QED) is 0.896. The van der Waals surface area contributed by atoms with Gasteiger partial charge in [0.1, 0.15) is 5.69 Å². The number of hydrogen-bond donors (Lipinski definition) is 2. The lowest BCUT2D eigenvalue weighted by atomic mass is 9.86. The molecule has 0 aliphatic carbocycles. The van der Waals surface area contributed by atoms with Crippen LogP contribution >= 0.6 is 11.5 Å². The molecule has 3 rings (SSSR count). The van der Waals surface area contributed by atoms with Gasteiger partial charge in [-0.15, -0.1) is 0 Å². The third-order valence-corrected chi connectivity index (χ3v) is 4.99. The molecule has 0 unspecified atom stereocenters. The van der Waals surface area contributed by atoms with Crippen molar-refractivity contribution < 1.29 is 19.4 Å². The molecule has 1 fully saturated rings. The van der Waals surface area contributed by atoms with Crippen molar-refractivity contribution >= 4 is 33.5 Å². The maximum Gasteiger partial charge on any atom is 0.305 e. The Balaban J connectivity index is 1.88. The van der Waals surface area contributed by atoms with E-state index in [2.05, 4.69) is 9.69 Å². The molecule has 0 atom stereocenters. The van der Waals surface area contributed by atoms with Gasteiger partial charge in [-0.1, -0.05) is 11.6 Å². The van der Waals surface area contributed by atoms with E-state index in [1.165, 1.54) is 11.5 Å². The van der Waals surface area contributed by atoms with E-state index < -0.39 is 11.5 Å². The van der Waals surface area contributed by atoms with Crippen LogP contribution in [-0.4, -0.2) is 40.1 Å². The fourth-order valence-electron chi connectivity index (χ4n) is 2.91. The number of carbonyl (C=O) groups excluding carboxylic acids is 1. The molecule has 1 aromatic carbocycles. The highest BCUT2D eigenvalue weighted by Crippen LogP contribution is 2.28. The normalized spacial score (nSPS) is 17.1. The minimum Gasteiger partial charge on any atom is -0.481 e. The summed E-state index contributed by atoms with van der Waals surface area (Å²) in [6.45, 7) is 2.86. The number of carboxylic acid groups (broad SMARTS) is 1. The molecule has 2 aromatic rings. The van der Waals surface area contributed by atoms with Crippen LogP contribution in [0.4, 0.5) is 0 Å². The molecular weight excluding hydrogens is 316 g/mol. The highest BCUT2D eigenvalue weighted by atomic mass is 32.1. The Hall–Kier alpha value is -1.99. The van der Waals surface area contributed by atoms with Gasteiger partial charge in [0.15, 0.2) is 0 Å². The Morgan fingerprint density at radius 1 is 1.39 bits per heavy atom. The number of nitrogens with one attached hydrogen (secondary N) is 1. The van der Waals surface area contributed by atoms with Crippen LogP contribution in [0.3, 0.4) is 0 Å². The standard InChI is InChI=1S/C16H18N2O4S/c1-10-2-3-12-11(8-10)14(18-23-12)15(21)17-16(9-13(19)20)4-6-22-7-5-16/h2-3,8H,4-7,9H2,1H3,(H,17,21)(H,19,20). The maximum absolute atomic E-state index is 12.7. The second-order valence-corrected chi connectivity index (χ2v) is 6.75. The largest absolute Gasteiger partial charge is 0.481 e. The van der Waals surface area contributed by atoms with Gasteiger partial charge >= 0.3 is 5.97 Å². The fourth-order valence-corrected chi connectivity index (χ4v) is 3.67. The number of nitrogens with zero attached hydrogens (tertiary/aromatic N) is 1. The van der Waals surface area contributed by atoms with Gasteiger partial charge in [-0.05, 0) is 43.4 Å². The average Bonchev–Trinajstić information content (AvgIpc) is 2.90. The van der Waals surface area contributed by atoms with E-state index in [9.17, 15) is 14.7 Å². The highest BCUT2D eigenvalue weighted by Gasteiger charge is 2.37. The third-order valence-electron chi connectivity index (χ3n) is 4.16. The van der Waals surface area contributed by atoms with Crippen LogP contribution in [0.15, 0.2) is 18.2 Å². The molecule has 6 nitrogen and oxygen atoms in total. The number of ether oxygens (including phenoxy) is 1. The first-order chi connectivity index (χ1) is 11.0. The van der Waals surface area contributed by atoms with Crippen molar-refractivity contribution in [2.75, 3.05) is 13.2 Å². The Bertz CT molecular complexity index is 750. The molecule has 0 radical (unpaired) electrons. The molecule has 2 heterocycles. The van der Waals surface area contributed by atoms with Crippen LogP contribution < -0.4 is 5.32 Å². The molecule has 122 valence electrons. The van der Waals surface area contributed by atoms with Crippen LogP contribution in [0.25, 0.3) is 10.1 Å². The highest BCUT2D eigenvalue weighted by molar-refractivity contribution is 7.13. The van der Waals surface area contributed by atoms with Gasteiger partial charge in [-0.2, -0.15) is 4.37 Å². The number of carboxylic acids is 1. The lowest BCUT2D eigenvalue weighted by Gasteiger charge is -2.36. The summed E-state index contributed by atoms with van der Waals surface area (Å²) in [5.41, 5.74) is 0.656. The zero-order valence-electron chi connectivity index (χ0n) is 12.8. The average molecular weight is 334 g/mol. The maximum atomic E-state index is 12.7. The minimum absolute atomic E-state index is 0.108. The van der Waals surface area contributed by atoms with Crippen molar-refractivity contribution in [1.82, 2.24) is 9.69 Å². The third kappa shape index (κ3) is 3.35. The second-order valence-electron chi connectivity index (χ2n) is 5.95. The number of hydrogen-bond acceptors (Lipinski definition) is 5. The number of fused-ring (bicyclic) bond motifs is 1. The first kappa shape index (κ1) is 15.9. The van der Waals surface area contributed by atoms with Crippen molar-refractivity contribution in [3.05, 3.63) is 29.5 Å². The van der Waals surface area contributed by atoms with Gasteiger partial charge in [0, 0.05) is 18.6 Å². The summed E-state index contributed by atoms with van der Waals surface area (Å²) in [4.78, 5) is 23.9. The zero-order valence-corrected chi connectivity index (χ0v) is 13.6. The summed E-state index contributed by atoms with van der Waals surface area (Å²) >= 11 is 1.27. The summed E-state index contributed by atoms with van der Waals surface area (Å²) < 4.78 is 10.5. The van der Waals surface area contributed by atoms with Crippen LogP contribution in [0.1, 0.15) is 35.3 Å². The monoisotopic (exact) mass is 334 g/mol. The van der Waals surface area contributed by atoms with Crippen molar-refractivity contribution in [3.63, 3.8) is 0 Å². The molecule has 7 heteroatoms. The Labute approximate surface area is 137 Å². The van der Waals surface area contributed by atoms with Gasteiger partial charge in [-0.3, -0.25) is 9.59 Å². The van der Waals surface area contributed by atoms with Crippen molar-refractivity contribution in [1.29, 1.82) is 0 Å². The lowest BCUT2D eigenvalue weighted by molar-refractivity contribution is -0.139. The van der Waals surface area contributed by atoms with Crippen molar-refractivity contribution in [3.8, 4) is 0 Å². The summed E-state index contributed by atoms with van der Waals surface area (Å²) in [5.74, 6) is -1.24. The number of aromatic nitrogens is 1. The van der Waals surface area contributed by atoms with Crippen molar-refractivity contribution in [2.45, 2.75) is 31.7 Å². The number of aliphatic carboxylic acids is 1. The molecule has 0 spiro atoms. The van der Waals surface area contributed by atoms with E-state index in [-0.39, 0.29) is 12.3 Å². The first-order valence-corrected chi connectivity index (χ1v) is 8.25. The predicted octanol–water partition coefficient (Wildman–Crippen LogP) is 2.36. The number of aryl methyl sites for hydroxylation is 1. The Morgan fingerprint density at radius 2 is 2.13 bits per heavy atom. The molecule has 1 aliphatic heterocycles. The zero-order chi connectivity index (χ0) is 16.4. The van der Waals surface area contributed by atoms with Crippen LogP contribution in [0.2, 0.25) is 0 Å². The smallest absolute Gasteiger partial charge is 0.305 e. The molecule has 1 saturated heterocycles. The molecule has 1 aliphatic rings. The van der Waals surface area contributed by atoms with Crippen LogP contribution in [0, 0.1) is 6.92 Å². The minimum atomic E-state index is -0.925. The van der Waals surface area contributed by atoms with Crippen LogP contribution in [-0.2, 0) is 9.53 Å². The Morgan fingerprint density at radius 3 is 2.83 bits per heavy atom. The van der Waals surface area contributed by atoms with E-state index in [0.29, 0.717) is 31.7 Å². The second kappa shape index (κ2) is 6.25. The first-order valence-electron chi connectivity index (χ1n) is 7.47. The van der Waals surface area contributed by atoms with Gasteiger partial charge in [0.25, 0.3) is 5.91 Å². The molecule has 0 saturated carbocycles. The Kier molecular flexibility index (Phi) is 4.32. The number of benzene rings is 1. The van der Waals surface area contributed by atoms with Gasteiger partial charge in [0.2, 0.25) is 0 Å². The van der Waals surface area contributed by atoms with Crippen LogP contribution in [0.5, 0.6) is 0 Å². The summed E-state index contributed by atoms with van der Waals surface area (Å²) in [6.07, 6.45) is 0.876. The predicted molar refractivity (Wildman–Crippen MR) is 86.9 cm³/mol. The van der Waals surface area contributed by atoms with E-state index in [1.807, 2.05) is 25.1 Å². The molecule has 1 amide bonds. The molecule has 0 bridgehead atoms. The summed E-state index contributed by atoms with van der Waals surface area (Å²) in [6, 6.07) is 5.86. The summed E-state index contributed by atoms with van der Waals surface area (Å²) in [7, 11) is 0. The van der Waals surface area contributed by atoms with Gasteiger partial charge in [-0.25, -0.2) is 0 Å². The van der Waals surface area contributed by atoms with Crippen molar-refractivity contribution in [2.24, 2.45) is 0 Å². The lowest BCUT2D eigenvalue weighted by Crippen LogP contribution is -2.53. The van der Waals surface area contributed by atoms with Gasteiger partial charge in [0.05, 0.1) is 16.7 Å². The van der Waals surface area contributed by atoms with E-state index >= 15 is 0 Å². The van der Waals surface area contributed by atoms with E-state index in [0.717, 1.165) is 15.6 Å². The topological polar surface area (TPSA) is 88.5 Å². The van der Waals surface area contributed by atoms with E-state index in [1.54, 1.807) is 0 Å². The molecule has 2 N–H and O–H groups in total. The number of amides is 1. The molecule has 23 heavy (non-hydrogen) atoms. The number of carbonyl (C=O) groups is 2. The van der Waals surface area contributed by atoms with Gasteiger partial charge < -0.3 is 15.2 Å². The van der Waals surface area contributed by atoms with E-state index in [4.69, 9.17) is 4.74 Å². The summed E-state index contributed by atoms with van der Waals surface area (Å²) in [5, 5.41) is 12.9. The molecule has 1 aromatic heterocycles. The number of rotatable bonds is 4. The SMILES string of the molecule is Cc1ccc2snc(C(=O)NC3(CC(=O)O)CCOCC3)c2c1. The fraction of sp³-hybridized carbons (Fsp3) is 0.438.